The van der Waals surface area contributed by atoms with Crippen LogP contribution in [0.1, 0.15) is 44.5 Å². The summed E-state index contributed by atoms with van der Waals surface area (Å²) in [6, 6.07) is 9.18. The van der Waals surface area contributed by atoms with Crippen molar-refractivity contribution in [3.05, 3.63) is 46.3 Å². The second-order valence-electron chi connectivity index (χ2n) is 5.60. The van der Waals surface area contributed by atoms with Crippen molar-refractivity contribution >= 4 is 5.78 Å². The number of hydrogen-bond acceptors (Lipinski definition) is 2. The number of nitrogens with zero attached hydrogens (tertiary/aromatic N) is 3. The van der Waals surface area contributed by atoms with Gasteiger partial charge in [-0.1, -0.05) is 63.1 Å². The molecule has 0 bridgehead atoms. The number of Topliss-reactive ketones (excluding diaryl/α,β-unsaturated/α-hetero) is 1. The highest BCUT2D eigenvalue weighted by Gasteiger charge is 2.38. The molecule has 0 aliphatic rings. The Morgan fingerprint density at radius 3 is 2.28 bits per heavy atom. The first kappa shape index (κ1) is 14.3. The van der Waals surface area contributed by atoms with E-state index in [1.807, 2.05) is 45.9 Å². The van der Waals surface area contributed by atoms with Gasteiger partial charge in [-0.3, -0.25) is 4.79 Å². The van der Waals surface area contributed by atoms with Gasteiger partial charge >= 0.3 is 0 Å². The summed E-state index contributed by atoms with van der Waals surface area (Å²) in [5.74, 6) is 0.0711. The molecule has 4 nitrogen and oxygen atoms in total. The fourth-order valence-corrected chi connectivity index (χ4v) is 1.59. The number of rotatable bonds is 5. The molecule has 0 fully saturated rings. The molecule has 0 unspecified atom stereocenters. The van der Waals surface area contributed by atoms with Crippen LogP contribution in [0.2, 0.25) is 0 Å². The Hall–Kier alpha value is -1.80. The van der Waals surface area contributed by atoms with Crippen molar-refractivity contribution in [3.63, 3.8) is 0 Å². The molecule has 96 valence electrons. The summed E-state index contributed by atoms with van der Waals surface area (Å²) in [7, 11) is 0. The van der Waals surface area contributed by atoms with Crippen molar-refractivity contribution in [2.75, 3.05) is 0 Å². The lowest BCUT2D eigenvalue weighted by molar-refractivity contribution is 0.0870. The average molecular weight is 245 g/mol. The van der Waals surface area contributed by atoms with E-state index in [-0.39, 0.29) is 5.78 Å². The molecule has 18 heavy (non-hydrogen) atoms. The van der Waals surface area contributed by atoms with E-state index in [2.05, 4.69) is 10.0 Å². The Morgan fingerprint density at radius 1 is 1.22 bits per heavy atom. The fourth-order valence-electron chi connectivity index (χ4n) is 1.59. The molecule has 1 rings (SSSR count). The zero-order valence-corrected chi connectivity index (χ0v) is 11.3. The SMILES string of the molecule is CC(C)(CC(=O)c1ccccc1)C(C)(C)N=[N+]=[N-]. The van der Waals surface area contributed by atoms with Crippen LogP contribution in [0.3, 0.4) is 0 Å². The topological polar surface area (TPSA) is 65.8 Å². The van der Waals surface area contributed by atoms with E-state index in [1.54, 1.807) is 12.1 Å². The Balaban J connectivity index is 2.90. The molecule has 0 N–H and O–H groups in total. The smallest absolute Gasteiger partial charge is 0.163 e. The number of ketones is 1. The largest absolute Gasteiger partial charge is 0.294 e. The molecule has 0 atom stereocenters. The van der Waals surface area contributed by atoms with Crippen molar-refractivity contribution in [1.82, 2.24) is 0 Å². The van der Waals surface area contributed by atoms with Crippen LogP contribution in [-0.2, 0) is 0 Å². The molecule has 0 heterocycles. The number of hydrogen-bond donors (Lipinski definition) is 0. The van der Waals surface area contributed by atoms with Gasteiger partial charge in [-0.2, -0.15) is 0 Å². The van der Waals surface area contributed by atoms with Crippen LogP contribution in [0.5, 0.6) is 0 Å². The molecular formula is C14H19N3O. The summed E-state index contributed by atoms with van der Waals surface area (Å²) >= 11 is 0. The van der Waals surface area contributed by atoms with Gasteiger partial charge in [0.15, 0.2) is 5.78 Å². The normalized spacial score (nSPS) is 11.8. The van der Waals surface area contributed by atoms with Gasteiger partial charge in [0, 0.05) is 22.4 Å². The molecule has 0 aliphatic carbocycles. The molecule has 4 heteroatoms. The minimum Gasteiger partial charge on any atom is -0.294 e. The molecule has 0 saturated heterocycles. The highest BCUT2D eigenvalue weighted by atomic mass is 16.1. The third-order valence-electron chi connectivity index (χ3n) is 3.65. The van der Waals surface area contributed by atoms with Gasteiger partial charge in [-0.15, -0.1) is 0 Å². The Labute approximate surface area is 108 Å². The molecule has 0 spiro atoms. The van der Waals surface area contributed by atoms with Crippen LogP contribution < -0.4 is 0 Å². The molecule has 1 aromatic rings. The standard InChI is InChI=1S/C14H19N3O/c1-13(2,14(3,4)16-17-15)10-12(18)11-8-6-5-7-9-11/h5-9H,10H2,1-4H3. The lowest BCUT2D eigenvalue weighted by Crippen LogP contribution is -2.38. The first-order valence-corrected chi connectivity index (χ1v) is 5.95. The number of benzene rings is 1. The van der Waals surface area contributed by atoms with Crippen molar-refractivity contribution in [2.24, 2.45) is 10.5 Å². The van der Waals surface area contributed by atoms with Gasteiger partial charge in [0.2, 0.25) is 0 Å². The molecule has 1 aromatic carbocycles. The van der Waals surface area contributed by atoms with E-state index in [0.717, 1.165) is 0 Å². The second-order valence-corrected chi connectivity index (χ2v) is 5.60. The van der Waals surface area contributed by atoms with Crippen LogP contribution in [0.4, 0.5) is 0 Å². The Bertz CT molecular complexity index is 471. The minimum atomic E-state index is -0.605. The highest BCUT2D eigenvalue weighted by molar-refractivity contribution is 5.96. The lowest BCUT2D eigenvalue weighted by Gasteiger charge is -2.37. The van der Waals surface area contributed by atoms with Crippen molar-refractivity contribution < 1.29 is 4.79 Å². The van der Waals surface area contributed by atoms with E-state index >= 15 is 0 Å². The Kier molecular flexibility index (Phi) is 4.15. The van der Waals surface area contributed by atoms with E-state index in [4.69, 9.17) is 5.53 Å². The third-order valence-corrected chi connectivity index (χ3v) is 3.65. The molecule has 0 amide bonds. The molecule has 0 aliphatic heterocycles. The Morgan fingerprint density at radius 2 is 1.78 bits per heavy atom. The summed E-state index contributed by atoms with van der Waals surface area (Å²) in [6.45, 7) is 7.60. The quantitative estimate of drug-likeness (QED) is 0.328. The van der Waals surface area contributed by atoms with Crippen molar-refractivity contribution in [1.29, 1.82) is 0 Å². The maximum Gasteiger partial charge on any atom is 0.163 e. The number of azide groups is 1. The maximum atomic E-state index is 12.2. The second kappa shape index (κ2) is 5.23. The number of carbonyl (C=O) groups is 1. The minimum absolute atomic E-state index is 0.0711. The van der Waals surface area contributed by atoms with E-state index in [0.29, 0.717) is 12.0 Å². The first-order chi connectivity index (χ1) is 8.30. The summed E-state index contributed by atoms with van der Waals surface area (Å²) in [6.07, 6.45) is 0.350. The highest BCUT2D eigenvalue weighted by Crippen LogP contribution is 2.38. The van der Waals surface area contributed by atoms with Crippen molar-refractivity contribution in [3.8, 4) is 0 Å². The van der Waals surface area contributed by atoms with Crippen molar-refractivity contribution in [2.45, 2.75) is 39.7 Å². The molecular weight excluding hydrogens is 226 g/mol. The first-order valence-electron chi connectivity index (χ1n) is 5.95. The molecule has 0 saturated carbocycles. The van der Waals surface area contributed by atoms with Gasteiger partial charge in [0.05, 0.1) is 0 Å². The van der Waals surface area contributed by atoms with E-state index in [1.165, 1.54) is 0 Å². The molecule has 0 aromatic heterocycles. The lowest BCUT2D eigenvalue weighted by atomic mass is 9.71. The summed E-state index contributed by atoms with van der Waals surface area (Å²) in [5, 5.41) is 3.80. The van der Waals surface area contributed by atoms with Crippen LogP contribution in [0.25, 0.3) is 10.4 Å². The summed E-state index contributed by atoms with van der Waals surface area (Å²) in [5.41, 5.74) is 8.28. The fraction of sp³-hybridized carbons (Fsp3) is 0.500. The van der Waals surface area contributed by atoms with E-state index < -0.39 is 11.0 Å². The van der Waals surface area contributed by atoms with Gasteiger partial charge < -0.3 is 0 Å². The zero-order valence-electron chi connectivity index (χ0n) is 11.3. The van der Waals surface area contributed by atoms with Crippen LogP contribution in [-0.4, -0.2) is 11.3 Å². The average Bonchev–Trinajstić information content (AvgIpc) is 2.29. The van der Waals surface area contributed by atoms with Crippen LogP contribution >= 0.6 is 0 Å². The maximum absolute atomic E-state index is 12.2. The predicted octanol–water partition coefficient (Wildman–Crippen LogP) is 4.37. The summed E-state index contributed by atoms with van der Waals surface area (Å²) < 4.78 is 0. The van der Waals surface area contributed by atoms with Gasteiger partial charge in [-0.25, -0.2) is 0 Å². The zero-order chi connectivity index (χ0) is 13.8. The summed E-state index contributed by atoms with van der Waals surface area (Å²) in [4.78, 5) is 15.0. The number of carbonyl (C=O) groups excluding carboxylic acids is 1. The third kappa shape index (κ3) is 3.11. The van der Waals surface area contributed by atoms with Gasteiger partial charge in [-0.05, 0) is 10.9 Å². The monoisotopic (exact) mass is 245 g/mol. The molecule has 0 radical (unpaired) electrons. The van der Waals surface area contributed by atoms with E-state index in [9.17, 15) is 4.79 Å². The van der Waals surface area contributed by atoms with Gasteiger partial charge in [0.25, 0.3) is 0 Å². The predicted molar refractivity (Wildman–Crippen MR) is 72.4 cm³/mol. The van der Waals surface area contributed by atoms with Crippen LogP contribution in [0.15, 0.2) is 35.4 Å². The van der Waals surface area contributed by atoms with Gasteiger partial charge in [0.1, 0.15) is 0 Å². The van der Waals surface area contributed by atoms with Crippen LogP contribution in [0, 0.1) is 5.41 Å².